The van der Waals surface area contributed by atoms with Crippen LogP contribution in [0.4, 0.5) is 0 Å². The zero-order valence-electron chi connectivity index (χ0n) is 12.5. The summed E-state index contributed by atoms with van der Waals surface area (Å²) >= 11 is 0. The molecule has 3 heterocycles. The summed E-state index contributed by atoms with van der Waals surface area (Å²) in [6.45, 7) is 2.45. The second kappa shape index (κ2) is 4.25. The van der Waals surface area contributed by atoms with Crippen LogP contribution >= 0.6 is 0 Å². The van der Waals surface area contributed by atoms with Gasteiger partial charge in [0.25, 0.3) is 5.91 Å². The molecule has 2 N–H and O–H groups in total. The lowest BCUT2D eigenvalue weighted by Gasteiger charge is -2.46. The number of aromatic nitrogens is 1. The first-order valence-corrected chi connectivity index (χ1v) is 7.33. The highest BCUT2D eigenvalue weighted by Gasteiger charge is 2.51. The van der Waals surface area contributed by atoms with Gasteiger partial charge in [0.15, 0.2) is 5.54 Å². The maximum absolute atomic E-state index is 12.5. The van der Waals surface area contributed by atoms with E-state index in [2.05, 4.69) is 10.3 Å². The quantitative estimate of drug-likeness (QED) is 0.822. The number of nitrogens with zero attached hydrogens (tertiary/aromatic N) is 1. The highest BCUT2D eigenvalue weighted by Crippen LogP contribution is 2.40. The summed E-state index contributed by atoms with van der Waals surface area (Å²) in [6.07, 6.45) is 0.733. The van der Waals surface area contributed by atoms with Crippen LogP contribution in [0.15, 0.2) is 18.2 Å². The number of amides is 2. The number of benzene rings is 1. The van der Waals surface area contributed by atoms with E-state index in [9.17, 15) is 9.59 Å². The van der Waals surface area contributed by atoms with Crippen LogP contribution in [0.5, 0.6) is 5.75 Å². The van der Waals surface area contributed by atoms with Crippen LogP contribution in [0.3, 0.4) is 0 Å². The van der Waals surface area contributed by atoms with Gasteiger partial charge in [-0.1, -0.05) is 0 Å². The van der Waals surface area contributed by atoms with Crippen LogP contribution in [0.1, 0.15) is 18.2 Å². The van der Waals surface area contributed by atoms with Gasteiger partial charge in [-0.15, -0.1) is 0 Å². The monoisotopic (exact) mass is 299 g/mol. The molecule has 0 radical (unpaired) electrons. The minimum atomic E-state index is -0.963. The van der Waals surface area contributed by atoms with Crippen molar-refractivity contribution in [2.24, 2.45) is 0 Å². The van der Waals surface area contributed by atoms with Gasteiger partial charge in [-0.2, -0.15) is 0 Å². The van der Waals surface area contributed by atoms with Crippen molar-refractivity contribution in [3.05, 3.63) is 29.5 Å². The molecule has 1 aromatic carbocycles. The zero-order valence-corrected chi connectivity index (χ0v) is 12.5. The van der Waals surface area contributed by atoms with Crippen molar-refractivity contribution in [3.63, 3.8) is 0 Å². The van der Waals surface area contributed by atoms with Gasteiger partial charge >= 0.3 is 0 Å². The summed E-state index contributed by atoms with van der Waals surface area (Å²) in [6, 6.07) is 5.81. The minimum Gasteiger partial charge on any atom is -0.497 e. The van der Waals surface area contributed by atoms with Gasteiger partial charge in [0.1, 0.15) is 5.75 Å². The summed E-state index contributed by atoms with van der Waals surface area (Å²) < 4.78 is 5.29. The fourth-order valence-electron chi connectivity index (χ4n) is 3.64. The Kier molecular flexibility index (Phi) is 2.55. The zero-order chi connectivity index (χ0) is 15.5. The molecule has 114 valence electrons. The Bertz CT molecular complexity index is 810. The topological polar surface area (TPSA) is 74.4 Å². The molecule has 2 aliphatic heterocycles. The molecular weight excluding hydrogens is 282 g/mol. The maximum Gasteiger partial charge on any atom is 0.252 e. The van der Waals surface area contributed by atoms with E-state index in [0.29, 0.717) is 6.54 Å². The van der Waals surface area contributed by atoms with E-state index >= 15 is 0 Å². The number of rotatable bonds is 1. The predicted octanol–water partition coefficient (Wildman–Crippen LogP) is 0.906. The van der Waals surface area contributed by atoms with Gasteiger partial charge in [-0.05, 0) is 37.1 Å². The number of hydrogen-bond acceptors (Lipinski definition) is 3. The van der Waals surface area contributed by atoms with Gasteiger partial charge in [0.05, 0.1) is 19.3 Å². The van der Waals surface area contributed by atoms with Crippen LogP contribution in [0.2, 0.25) is 0 Å². The van der Waals surface area contributed by atoms with Crippen molar-refractivity contribution < 1.29 is 14.3 Å². The normalized spacial score (nSPS) is 24.0. The second-order valence-corrected chi connectivity index (χ2v) is 5.94. The molecule has 22 heavy (non-hydrogen) atoms. The Morgan fingerprint density at radius 3 is 2.91 bits per heavy atom. The molecular formula is C16H17N3O3. The smallest absolute Gasteiger partial charge is 0.252 e. The van der Waals surface area contributed by atoms with E-state index in [1.807, 2.05) is 25.1 Å². The van der Waals surface area contributed by atoms with Gasteiger partial charge in [-0.3, -0.25) is 9.59 Å². The molecule has 6 heteroatoms. The minimum absolute atomic E-state index is 0.0380. The van der Waals surface area contributed by atoms with E-state index in [1.54, 1.807) is 12.0 Å². The molecule has 0 bridgehead atoms. The molecule has 2 aliphatic rings. The van der Waals surface area contributed by atoms with Crippen LogP contribution in [-0.4, -0.2) is 41.9 Å². The maximum atomic E-state index is 12.5. The number of ether oxygens (including phenoxy) is 1. The average molecular weight is 299 g/mol. The third kappa shape index (κ3) is 1.49. The van der Waals surface area contributed by atoms with Crippen molar-refractivity contribution in [2.75, 3.05) is 20.2 Å². The number of nitrogens with one attached hydrogen (secondary N) is 2. The number of piperazine rings is 1. The highest BCUT2D eigenvalue weighted by atomic mass is 16.5. The molecule has 4 rings (SSSR count). The van der Waals surface area contributed by atoms with E-state index in [-0.39, 0.29) is 18.4 Å². The lowest BCUT2D eigenvalue weighted by Crippen LogP contribution is -2.65. The highest BCUT2D eigenvalue weighted by molar-refractivity contribution is 6.00. The number of carbonyl (C=O) groups is 2. The van der Waals surface area contributed by atoms with E-state index < -0.39 is 5.54 Å². The van der Waals surface area contributed by atoms with Gasteiger partial charge < -0.3 is 19.9 Å². The largest absolute Gasteiger partial charge is 0.497 e. The predicted molar refractivity (Wildman–Crippen MR) is 80.6 cm³/mol. The van der Waals surface area contributed by atoms with Gasteiger partial charge in [-0.25, -0.2) is 0 Å². The van der Waals surface area contributed by atoms with E-state index in [4.69, 9.17) is 4.74 Å². The summed E-state index contributed by atoms with van der Waals surface area (Å²) in [7, 11) is 1.64. The summed E-state index contributed by atoms with van der Waals surface area (Å²) in [5.74, 6) is 0.613. The SMILES string of the molecule is COc1ccc2[nH]c3c(c2c1)CCN1C(=O)CNC(=O)[C@@]31C. The Balaban J connectivity index is 1.97. The second-order valence-electron chi connectivity index (χ2n) is 5.94. The fourth-order valence-corrected chi connectivity index (χ4v) is 3.64. The number of carbonyl (C=O) groups excluding carboxylic acids is 2. The molecule has 0 aliphatic carbocycles. The first kappa shape index (κ1) is 13.2. The molecule has 1 saturated heterocycles. The number of methoxy groups -OCH3 is 1. The van der Waals surface area contributed by atoms with Gasteiger partial charge in [0.2, 0.25) is 5.91 Å². The number of hydrogen-bond donors (Lipinski definition) is 2. The number of fused-ring (bicyclic) bond motifs is 5. The Hall–Kier alpha value is -2.50. The average Bonchev–Trinajstić information content (AvgIpc) is 2.90. The third-order valence-electron chi connectivity index (χ3n) is 4.87. The van der Waals surface area contributed by atoms with Crippen LogP contribution in [0.25, 0.3) is 10.9 Å². The van der Waals surface area contributed by atoms with Crippen LogP contribution in [-0.2, 0) is 21.5 Å². The van der Waals surface area contributed by atoms with Crippen LogP contribution < -0.4 is 10.1 Å². The Morgan fingerprint density at radius 2 is 2.14 bits per heavy atom. The standard InChI is InChI=1S/C16H17N3O3/c1-16-14-10(5-6-19(16)13(20)8-17-15(16)21)11-7-9(22-2)3-4-12(11)18-14/h3-4,7,18H,5-6,8H2,1-2H3,(H,17,21)/t16-/m1/s1. The Labute approximate surface area is 127 Å². The van der Waals surface area contributed by atoms with Crippen molar-refractivity contribution in [3.8, 4) is 5.75 Å². The number of H-pyrrole nitrogens is 1. The summed E-state index contributed by atoms with van der Waals surface area (Å²) in [5.41, 5.74) is 1.90. The Morgan fingerprint density at radius 1 is 1.32 bits per heavy atom. The fraction of sp³-hybridized carbons (Fsp3) is 0.375. The molecule has 1 fully saturated rings. The van der Waals surface area contributed by atoms with E-state index in [1.165, 1.54) is 0 Å². The molecule has 2 amide bonds. The first-order chi connectivity index (χ1) is 10.6. The molecule has 1 atom stereocenters. The van der Waals surface area contributed by atoms with E-state index in [0.717, 1.165) is 34.3 Å². The molecule has 0 saturated carbocycles. The summed E-state index contributed by atoms with van der Waals surface area (Å²) in [5, 5.41) is 3.76. The van der Waals surface area contributed by atoms with Gasteiger partial charge in [0, 0.05) is 17.4 Å². The van der Waals surface area contributed by atoms with Crippen molar-refractivity contribution >= 4 is 22.7 Å². The third-order valence-corrected chi connectivity index (χ3v) is 4.87. The van der Waals surface area contributed by atoms with Crippen molar-refractivity contribution in [1.29, 1.82) is 0 Å². The number of aromatic amines is 1. The van der Waals surface area contributed by atoms with Crippen molar-refractivity contribution in [2.45, 2.75) is 18.9 Å². The molecule has 0 unspecified atom stereocenters. The lowest BCUT2D eigenvalue weighted by atomic mass is 9.84. The van der Waals surface area contributed by atoms with Crippen molar-refractivity contribution in [1.82, 2.24) is 15.2 Å². The van der Waals surface area contributed by atoms with Crippen LogP contribution in [0, 0.1) is 0 Å². The summed E-state index contributed by atoms with van der Waals surface area (Å²) in [4.78, 5) is 29.7. The first-order valence-electron chi connectivity index (χ1n) is 7.33. The lowest BCUT2D eigenvalue weighted by molar-refractivity contribution is -0.154. The molecule has 0 spiro atoms. The molecule has 1 aromatic heterocycles. The molecule has 2 aromatic rings. The molecule has 6 nitrogen and oxygen atoms in total.